The molecule has 0 unspecified atom stereocenters. The second-order valence-corrected chi connectivity index (χ2v) is 7.60. The van der Waals surface area contributed by atoms with Crippen molar-refractivity contribution in [2.75, 3.05) is 5.32 Å². The van der Waals surface area contributed by atoms with Crippen molar-refractivity contribution in [3.63, 3.8) is 0 Å². The van der Waals surface area contributed by atoms with Crippen LogP contribution in [-0.2, 0) is 0 Å². The Labute approximate surface area is 192 Å². The van der Waals surface area contributed by atoms with Crippen LogP contribution in [0.2, 0.25) is 0 Å². The van der Waals surface area contributed by atoms with E-state index < -0.39 is 10.8 Å². The van der Waals surface area contributed by atoms with Crippen molar-refractivity contribution < 1.29 is 18.6 Å². The number of thiocarbonyl (C=S) groups is 1. The molecule has 0 saturated heterocycles. The van der Waals surface area contributed by atoms with Crippen LogP contribution < -0.4 is 10.6 Å². The number of nitro groups is 1. The Balaban J connectivity index is 1.28. The molecule has 5 rings (SSSR count). The first kappa shape index (κ1) is 20.4. The number of anilines is 1. The minimum absolute atomic E-state index is 0.0217. The number of carbonyl (C=O) groups excluding carboxylic acids is 1. The highest BCUT2D eigenvalue weighted by Gasteiger charge is 2.16. The topological polar surface area (TPSA) is 111 Å². The third-order valence-corrected chi connectivity index (χ3v) is 5.24. The van der Waals surface area contributed by atoms with Crippen LogP contribution in [0, 0.1) is 10.1 Å². The number of nitrogens with one attached hydrogen (secondary N) is 2. The van der Waals surface area contributed by atoms with Crippen molar-refractivity contribution in [2.24, 2.45) is 0 Å². The minimum atomic E-state index is -0.547. The Kier molecular flexibility index (Phi) is 5.08. The van der Waals surface area contributed by atoms with Gasteiger partial charge >= 0.3 is 0 Å². The fraction of sp³-hybridized carbons (Fsp3) is 0. The Morgan fingerprint density at radius 1 is 0.879 bits per heavy atom. The molecule has 1 amide bonds. The number of furan rings is 2. The predicted octanol–water partition coefficient (Wildman–Crippen LogP) is 5.88. The molecule has 33 heavy (non-hydrogen) atoms. The molecule has 2 heterocycles. The molecule has 0 atom stereocenters. The van der Waals surface area contributed by atoms with E-state index in [0.717, 1.165) is 16.4 Å². The minimum Gasteiger partial charge on any atom is -0.456 e. The summed E-state index contributed by atoms with van der Waals surface area (Å²) in [5, 5.41) is 18.6. The number of non-ortho nitro benzene ring substituents is 1. The van der Waals surface area contributed by atoms with Gasteiger partial charge in [0.1, 0.15) is 16.9 Å². The molecule has 0 aliphatic carbocycles. The first-order chi connectivity index (χ1) is 16.0. The van der Waals surface area contributed by atoms with Gasteiger partial charge in [-0.25, -0.2) is 0 Å². The zero-order valence-electron chi connectivity index (χ0n) is 16.9. The second kappa shape index (κ2) is 8.21. The van der Waals surface area contributed by atoms with Gasteiger partial charge in [0.05, 0.1) is 4.92 Å². The summed E-state index contributed by atoms with van der Waals surface area (Å²) in [6.45, 7) is 0. The Bertz CT molecular complexity index is 1550. The fourth-order valence-corrected chi connectivity index (χ4v) is 3.73. The maximum atomic E-state index is 12.5. The van der Waals surface area contributed by atoms with Crippen molar-refractivity contribution in [1.29, 1.82) is 0 Å². The molecule has 0 bridgehead atoms. The van der Waals surface area contributed by atoms with Gasteiger partial charge in [-0.15, -0.1) is 0 Å². The van der Waals surface area contributed by atoms with Crippen LogP contribution >= 0.6 is 12.2 Å². The van der Waals surface area contributed by atoms with Gasteiger partial charge in [0, 0.05) is 40.2 Å². The van der Waals surface area contributed by atoms with Crippen LogP contribution in [0.1, 0.15) is 10.6 Å². The van der Waals surface area contributed by atoms with Crippen LogP contribution in [0.4, 0.5) is 11.4 Å². The third-order valence-electron chi connectivity index (χ3n) is 5.03. The fourth-order valence-electron chi connectivity index (χ4n) is 3.52. The summed E-state index contributed by atoms with van der Waals surface area (Å²) in [5.74, 6) is -0.194. The number of para-hydroxylation sites is 1. The van der Waals surface area contributed by atoms with Crippen molar-refractivity contribution >= 4 is 56.6 Å². The number of benzene rings is 3. The van der Waals surface area contributed by atoms with Crippen molar-refractivity contribution in [1.82, 2.24) is 5.32 Å². The first-order valence-corrected chi connectivity index (χ1v) is 10.3. The van der Waals surface area contributed by atoms with E-state index >= 15 is 0 Å². The average molecular weight is 457 g/mol. The number of nitrogens with zero attached hydrogens (tertiary/aromatic N) is 1. The SMILES string of the molecule is O=C(NC(=S)Nc1ccc2c(c1)oc1ccccc12)c1ccc(-c2cccc([N+](=O)[O-])c2)o1. The number of nitro benzene ring substituents is 1. The summed E-state index contributed by atoms with van der Waals surface area (Å²) in [7, 11) is 0. The Hall–Kier alpha value is -4.50. The molecule has 0 radical (unpaired) electrons. The molecule has 3 aromatic carbocycles. The van der Waals surface area contributed by atoms with E-state index in [4.69, 9.17) is 21.1 Å². The van der Waals surface area contributed by atoms with E-state index in [1.54, 1.807) is 24.3 Å². The van der Waals surface area contributed by atoms with Gasteiger partial charge in [0.25, 0.3) is 11.6 Å². The molecule has 5 aromatic rings. The summed E-state index contributed by atoms with van der Waals surface area (Å²) >= 11 is 5.26. The van der Waals surface area contributed by atoms with E-state index in [2.05, 4.69) is 10.6 Å². The summed E-state index contributed by atoms with van der Waals surface area (Å²) in [4.78, 5) is 23.0. The molecule has 0 aliphatic heterocycles. The van der Waals surface area contributed by atoms with Crippen LogP contribution in [0.3, 0.4) is 0 Å². The lowest BCUT2D eigenvalue weighted by Gasteiger charge is -2.08. The van der Waals surface area contributed by atoms with Gasteiger partial charge in [-0.1, -0.05) is 30.3 Å². The van der Waals surface area contributed by atoms with Crippen molar-refractivity contribution in [3.05, 3.63) is 94.7 Å². The molecule has 2 aromatic heterocycles. The molecule has 0 aliphatic rings. The number of fused-ring (bicyclic) bond motifs is 3. The van der Waals surface area contributed by atoms with E-state index in [1.807, 2.05) is 36.4 Å². The van der Waals surface area contributed by atoms with Crippen molar-refractivity contribution in [3.8, 4) is 11.3 Å². The first-order valence-electron chi connectivity index (χ1n) is 9.86. The zero-order valence-corrected chi connectivity index (χ0v) is 17.7. The highest BCUT2D eigenvalue weighted by molar-refractivity contribution is 7.80. The number of hydrogen-bond donors (Lipinski definition) is 2. The quantitative estimate of drug-likeness (QED) is 0.197. The summed E-state index contributed by atoms with van der Waals surface area (Å²) in [5.41, 5.74) is 2.56. The molecule has 0 saturated carbocycles. The van der Waals surface area contributed by atoms with Gasteiger partial charge < -0.3 is 14.2 Å². The molecule has 2 N–H and O–H groups in total. The van der Waals surface area contributed by atoms with Crippen LogP contribution in [0.25, 0.3) is 33.3 Å². The average Bonchev–Trinajstić information content (AvgIpc) is 3.44. The lowest BCUT2D eigenvalue weighted by molar-refractivity contribution is -0.384. The van der Waals surface area contributed by atoms with Gasteiger partial charge in [-0.05, 0) is 42.5 Å². The highest BCUT2D eigenvalue weighted by Crippen LogP contribution is 2.30. The second-order valence-electron chi connectivity index (χ2n) is 7.19. The summed E-state index contributed by atoms with van der Waals surface area (Å²) in [6.07, 6.45) is 0. The number of hydrogen-bond acceptors (Lipinski definition) is 6. The summed E-state index contributed by atoms with van der Waals surface area (Å²) < 4.78 is 11.4. The number of amides is 1. The lowest BCUT2D eigenvalue weighted by atomic mass is 10.1. The molecule has 0 spiro atoms. The molecule has 9 heteroatoms. The van der Waals surface area contributed by atoms with Crippen LogP contribution in [0.5, 0.6) is 0 Å². The van der Waals surface area contributed by atoms with Crippen molar-refractivity contribution in [2.45, 2.75) is 0 Å². The van der Waals surface area contributed by atoms with E-state index in [1.165, 1.54) is 18.2 Å². The standard InChI is InChI=1S/C24H15N3O5S/c28-23(21-11-10-19(31-21)14-4-3-5-16(12-14)27(29)30)26-24(33)25-15-8-9-18-17-6-1-2-7-20(17)32-22(18)13-15/h1-13H,(H2,25,26,28,33). The van der Waals surface area contributed by atoms with Gasteiger partial charge in [-0.2, -0.15) is 0 Å². The van der Waals surface area contributed by atoms with E-state index in [-0.39, 0.29) is 16.6 Å². The summed E-state index contributed by atoms with van der Waals surface area (Å²) in [6, 6.07) is 22.3. The van der Waals surface area contributed by atoms with E-state index in [9.17, 15) is 14.9 Å². The molecular formula is C24H15N3O5S. The number of rotatable bonds is 4. The highest BCUT2D eigenvalue weighted by atomic mass is 32.1. The monoisotopic (exact) mass is 457 g/mol. The van der Waals surface area contributed by atoms with Crippen LogP contribution in [-0.4, -0.2) is 15.9 Å². The van der Waals surface area contributed by atoms with Gasteiger partial charge in [0.2, 0.25) is 0 Å². The Morgan fingerprint density at radius 3 is 2.55 bits per heavy atom. The molecular weight excluding hydrogens is 442 g/mol. The zero-order chi connectivity index (χ0) is 22.9. The molecule has 0 fully saturated rings. The van der Waals surface area contributed by atoms with Gasteiger partial charge in [0.15, 0.2) is 10.9 Å². The lowest BCUT2D eigenvalue weighted by Crippen LogP contribution is -2.33. The van der Waals surface area contributed by atoms with Crippen LogP contribution in [0.15, 0.2) is 87.7 Å². The Morgan fingerprint density at radius 2 is 1.70 bits per heavy atom. The smallest absolute Gasteiger partial charge is 0.293 e. The molecule has 8 nitrogen and oxygen atoms in total. The molecule has 162 valence electrons. The van der Waals surface area contributed by atoms with Gasteiger partial charge in [-0.3, -0.25) is 20.2 Å². The predicted molar refractivity (Wildman–Crippen MR) is 128 cm³/mol. The maximum absolute atomic E-state index is 12.5. The number of carbonyl (C=O) groups is 1. The third kappa shape index (κ3) is 4.04. The van der Waals surface area contributed by atoms with E-state index in [0.29, 0.717) is 22.6 Å². The normalized spacial score (nSPS) is 10.9. The maximum Gasteiger partial charge on any atom is 0.293 e. The largest absolute Gasteiger partial charge is 0.456 e.